The third-order valence-corrected chi connectivity index (χ3v) is 6.38. The zero-order chi connectivity index (χ0) is 26.2. The second-order valence-electron chi connectivity index (χ2n) is 8.51. The van der Waals surface area contributed by atoms with Gasteiger partial charge in [-0.15, -0.1) is 0 Å². The van der Waals surface area contributed by atoms with Crippen molar-refractivity contribution in [3.05, 3.63) is 58.4 Å². The maximum absolute atomic E-state index is 13.2. The fourth-order valence-corrected chi connectivity index (χ4v) is 4.67. The summed E-state index contributed by atoms with van der Waals surface area (Å²) < 4.78 is 20.2. The molecule has 10 heteroatoms. The van der Waals surface area contributed by atoms with Crippen LogP contribution in [0.1, 0.15) is 37.7 Å². The van der Waals surface area contributed by atoms with Gasteiger partial charge in [0, 0.05) is 12.6 Å². The lowest BCUT2D eigenvalue weighted by molar-refractivity contribution is -0.150. The van der Waals surface area contributed by atoms with Crippen molar-refractivity contribution in [1.82, 2.24) is 10.2 Å². The van der Waals surface area contributed by atoms with Gasteiger partial charge < -0.3 is 29.2 Å². The summed E-state index contributed by atoms with van der Waals surface area (Å²) in [6.45, 7) is -0.0112. The highest BCUT2D eigenvalue weighted by Crippen LogP contribution is 2.36. The van der Waals surface area contributed by atoms with Crippen LogP contribution >= 0.6 is 0 Å². The van der Waals surface area contributed by atoms with Gasteiger partial charge in [0.1, 0.15) is 11.3 Å². The van der Waals surface area contributed by atoms with E-state index >= 15 is 0 Å². The molecule has 1 N–H and O–H groups in total. The van der Waals surface area contributed by atoms with Crippen molar-refractivity contribution in [2.75, 3.05) is 28.4 Å². The maximum Gasteiger partial charge on any atom is 0.355 e. The third-order valence-electron chi connectivity index (χ3n) is 6.38. The lowest BCUT2D eigenvalue weighted by Gasteiger charge is -2.40. The first-order valence-corrected chi connectivity index (χ1v) is 11.8. The number of rotatable bonds is 8. The Labute approximate surface area is 210 Å². The number of benzene rings is 1. The van der Waals surface area contributed by atoms with Gasteiger partial charge >= 0.3 is 23.9 Å². The molecule has 3 rings (SSSR count). The lowest BCUT2D eigenvalue weighted by Crippen LogP contribution is -2.52. The van der Waals surface area contributed by atoms with Crippen LogP contribution in [0, 0.1) is 0 Å². The molecule has 1 aliphatic carbocycles. The van der Waals surface area contributed by atoms with Gasteiger partial charge in [-0.05, 0) is 18.4 Å². The Balaban J connectivity index is 2.34. The summed E-state index contributed by atoms with van der Waals surface area (Å²) in [5, 5.41) is 3.27. The van der Waals surface area contributed by atoms with Gasteiger partial charge in [-0.25, -0.2) is 19.2 Å². The summed E-state index contributed by atoms with van der Waals surface area (Å²) in [5.41, 5.74) is 0.172. The van der Waals surface area contributed by atoms with Crippen molar-refractivity contribution in [2.24, 2.45) is 0 Å². The highest BCUT2D eigenvalue weighted by molar-refractivity contribution is 6.09. The summed E-state index contributed by atoms with van der Waals surface area (Å²) in [6.07, 6.45) is 4.57. The standard InChI is InChI=1S/C26H32N2O8/c1-33-23(29)18-20(27-17-13-9-6-10-14-17)19(24(30)34-2)22(26(32)36-4)28(21(18)25(31)35-3)15-16-11-7-5-8-12-16/h5,7-8,11-12,17,21,27H,6,9-10,13-15H2,1-4H3. The molecule has 1 saturated carbocycles. The molecule has 1 aromatic rings. The molecule has 194 valence electrons. The van der Waals surface area contributed by atoms with E-state index in [0.29, 0.717) is 5.56 Å². The molecule has 0 saturated heterocycles. The highest BCUT2D eigenvalue weighted by atomic mass is 16.5. The van der Waals surface area contributed by atoms with E-state index in [2.05, 4.69) is 5.32 Å². The Kier molecular flexibility index (Phi) is 9.10. The Morgan fingerprint density at radius 1 is 0.833 bits per heavy atom. The summed E-state index contributed by atoms with van der Waals surface area (Å²) >= 11 is 0. The number of hydrogen-bond acceptors (Lipinski definition) is 10. The molecule has 1 aromatic carbocycles. The van der Waals surface area contributed by atoms with Crippen LogP contribution in [0.5, 0.6) is 0 Å². The lowest BCUT2D eigenvalue weighted by atomic mass is 9.88. The molecule has 36 heavy (non-hydrogen) atoms. The molecular formula is C26H32N2O8. The van der Waals surface area contributed by atoms with Crippen LogP contribution in [-0.2, 0) is 44.7 Å². The van der Waals surface area contributed by atoms with Crippen molar-refractivity contribution in [2.45, 2.75) is 50.7 Å². The molecule has 10 nitrogen and oxygen atoms in total. The number of carbonyl (C=O) groups is 4. The first-order chi connectivity index (χ1) is 17.4. The van der Waals surface area contributed by atoms with Crippen LogP contribution in [0.3, 0.4) is 0 Å². The Hall–Kier alpha value is -3.82. The Bertz CT molecular complexity index is 1060. The van der Waals surface area contributed by atoms with Gasteiger partial charge in [-0.2, -0.15) is 0 Å². The summed E-state index contributed by atoms with van der Waals surface area (Å²) in [6, 6.07) is 7.50. The molecule has 1 aliphatic heterocycles. The Morgan fingerprint density at radius 2 is 1.44 bits per heavy atom. The molecule has 1 atom stereocenters. The number of nitrogens with zero attached hydrogens (tertiary/aromatic N) is 1. The smallest absolute Gasteiger partial charge is 0.355 e. The van der Waals surface area contributed by atoms with Crippen LogP contribution in [0.15, 0.2) is 52.9 Å². The number of carbonyl (C=O) groups excluding carboxylic acids is 4. The summed E-state index contributed by atoms with van der Waals surface area (Å²) in [4.78, 5) is 54.1. The second kappa shape index (κ2) is 12.2. The number of methoxy groups -OCH3 is 4. The van der Waals surface area contributed by atoms with Crippen LogP contribution in [0.25, 0.3) is 0 Å². The molecular weight excluding hydrogens is 468 g/mol. The van der Waals surface area contributed by atoms with Gasteiger partial charge in [-0.3, -0.25) is 0 Å². The quantitative estimate of drug-likeness (QED) is 0.419. The number of ether oxygens (including phenoxy) is 4. The molecule has 0 amide bonds. The third kappa shape index (κ3) is 5.53. The van der Waals surface area contributed by atoms with Gasteiger partial charge in [0.2, 0.25) is 0 Å². The molecule has 0 aromatic heterocycles. The van der Waals surface area contributed by atoms with Crippen molar-refractivity contribution >= 4 is 23.9 Å². The zero-order valence-corrected chi connectivity index (χ0v) is 21.0. The molecule has 1 unspecified atom stereocenters. The topological polar surface area (TPSA) is 120 Å². The van der Waals surface area contributed by atoms with Crippen molar-refractivity contribution < 1.29 is 38.1 Å². The van der Waals surface area contributed by atoms with E-state index < -0.39 is 29.9 Å². The highest BCUT2D eigenvalue weighted by Gasteiger charge is 2.48. The van der Waals surface area contributed by atoms with Crippen LogP contribution in [-0.4, -0.2) is 69.3 Å². The van der Waals surface area contributed by atoms with Gasteiger partial charge in [0.05, 0.1) is 39.7 Å². The fraction of sp³-hybridized carbons (Fsp3) is 0.462. The van der Waals surface area contributed by atoms with Gasteiger partial charge in [0.25, 0.3) is 0 Å². The van der Waals surface area contributed by atoms with E-state index in [1.165, 1.54) is 33.3 Å². The molecule has 2 aliphatic rings. The Morgan fingerprint density at radius 3 is 2.00 bits per heavy atom. The fourth-order valence-electron chi connectivity index (χ4n) is 4.67. The predicted molar refractivity (Wildman–Crippen MR) is 128 cm³/mol. The molecule has 0 spiro atoms. The number of hydrogen-bond donors (Lipinski definition) is 1. The molecule has 1 heterocycles. The number of nitrogens with one attached hydrogen (secondary N) is 1. The van der Waals surface area contributed by atoms with Crippen LogP contribution < -0.4 is 5.32 Å². The molecule has 0 bridgehead atoms. The predicted octanol–water partition coefficient (Wildman–Crippen LogP) is 1.99. The van der Waals surface area contributed by atoms with Gasteiger partial charge in [0.15, 0.2) is 6.04 Å². The van der Waals surface area contributed by atoms with E-state index in [-0.39, 0.29) is 35.1 Å². The minimum absolute atomic E-state index is 0.0112. The summed E-state index contributed by atoms with van der Waals surface area (Å²) in [5.74, 6) is -3.38. The minimum Gasteiger partial charge on any atom is -0.467 e. The van der Waals surface area contributed by atoms with Crippen molar-refractivity contribution in [1.29, 1.82) is 0 Å². The largest absolute Gasteiger partial charge is 0.467 e. The first kappa shape index (κ1) is 26.8. The average molecular weight is 501 g/mol. The van der Waals surface area contributed by atoms with E-state index in [0.717, 1.165) is 32.1 Å². The zero-order valence-electron chi connectivity index (χ0n) is 21.0. The second-order valence-corrected chi connectivity index (χ2v) is 8.51. The van der Waals surface area contributed by atoms with Crippen molar-refractivity contribution in [3.8, 4) is 0 Å². The first-order valence-electron chi connectivity index (χ1n) is 11.8. The number of esters is 4. The monoisotopic (exact) mass is 500 g/mol. The van der Waals surface area contributed by atoms with Crippen molar-refractivity contribution in [3.63, 3.8) is 0 Å². The van der Waals surface area contributed by atoms with Crippen LogP contribution in [0.2, 0.25) is 0 Å². The van der Waals surface area contributed by atoms with E-state index in [4.69, 9.17) is 18.9 Å². The van der Waals surface area contributed by atoms with E-state index in [1.54, 1.807) is 24.3 Å². The average Bonchev–Trinajstić information content (AvgIpc) is 2.92. The normalized spacial score (nSPS) is 18.4. The molecule has 1 fully saturated rings. The van der Waals surface area contributed by atoms with E-state index in [1.807, 2.05) is 6.07 Å². The maximum atomic E-state index is 13.2. The van der Waals surface area contributed by atoms with E-state index in [9.17, 15) is 19.2 Å². The SMILES string of the molecule is COC(=O)C1=C(C(=O)OC)N(Cc2ccccc2)C(C(=O)OC)C(C(=O)OC)=C1NC1CCCCC1. The summed E-state index contributed by atoms with van der Waals surface area (Å²) in [7, 11) is 4.71. The molecule has 0 radical (unpaired) electrons. The minimum atomic E-state index is -1.39. The van der Waals surface area contributed by atoms with Gasteiger partial charge in [-0.1, -0.05) is 49.6 Å². The van der Waals surface area contributed by atoms with Crippen LogP contribution in [0.4, 0.5) is 0 Å².